The summed E-state index contributed by atoms with van der Waals surface area (Å²) in [4.78, 5) is 12.7. The number of methoxy groups -OCH3 is 2. The summed E-state index contributed by atoms with van der Waals surface area (Å²) in [5.41, 5.74) is 1.45. The number of nitrogens with zero attached hydrogens (tertiary/aromatic N) is 1. The van der Waals surface area contributed by atoms with Crippen molar-refractivity contribution in [3.63, 3.8) is 0 Å². The lowest BCUT2D eigenvalue weighted by molar-refractivity contribution is -0.119. The quantitative estimate of drug-likeness (QED) is 0.262. The van der Waals surface area contributed by atoms with Crippen LogP contribution in [0.4, 0.5) is 5.69 Å². The molecule has 0 heterocycles. The van der Waals surface area contributed by atoms with Gasteiger partial charge in [-0.3, -0.25) is 9.10 Å². The van der Waals surface area contributed by atoms with Gasteiger partial charge in [-0.1, -0.05) is 35.3 Å². The molecule has 3 aromatic carbocycles. The van der Waals surface area contributed by atoms with Crippen LogP contribution in [0.3, 0.4) is 0 Å². The van der Waals surface area contributed by atoms with Gasteiger partial charge in [0.25, 0.3) is 10.0 Å². The maximum absolute atomic E-state index is 13.6. The van der Waals surface area contributed by atoms with E-state index in [9.17, 15) is 13.2 Å². The molecule has 7 nitrogen and oxygen atoms in total. The van der Waals surface area contributed by atoms with Gasteiger partial charge < -0.3 is 14.8 Å². The van der Waals surface area contributed by atoms with Crippen molar-refractivity contribution < 1.29 is 22.7 Å². The molecule has 198 valence electrons. The number of carbonyl (C=O) groups is 1. The van der Waals surface area contributed by atoms with E-state index in [-0.39, 0.29) is 10.6 Å². The van der Waals surface area contributed by atoms with Crippen molar-refractivity contribution in [3.8, 4) is 11.5 Å². The summed E-state index contributed by atoms with van der Waals surface area (Å²) in [5.74, 6) is 1.89. The van der Waals surface area contributed by atoms with Crippen LogP contribution in [0.1, 0.15) is 12.0 Å². The second kappa shape index (κ2) is 13.8. The minimum Gasteiger partial charge on any atom is -0.493 e. The van der Waals surface area contributed by atoms with E-state index in [0.29, 0.717) is 28.0 Å². The zero-order valence-corrected chi connectivity index (χ0v) is 23.6. The van der Waals surface area contributed by atoms with Crippen molar-refractivity contribution in [2.24, 2.45) is 0 Å². The minimum absolute atomic E-state index is 0.0367. The number of nitrogens with one attached hydrogen (secondary N) is 1. The average molecular weight is 584 g/mol. The number of benzene rings is 3. The van der Waals surface area contributed by atoms with Crippen LogP contribution in [0.25, 0.3) is 0 Å². The molecule has 0 unspecified atom stereocenters. The number of hydrogen-bond donors (Lipinski definition) is 1. The molecule has 0 saturated heterocycles. The number of carbonyl (C=O) groups excluding carboxylic acids is 1. The maximum atomic E-state index is 13.6. The molecule has 37 heavy (non-hydrogen) atoms. The third kappa shape index (κ3) is 8.20. The number of rotatable bonds is 13. The average Bonchev–Trinajstić information content (AvgIpc) is 2.89. The van der Waals surface area contributed by atoms with E-state index in [1.165, 1.54) is 32.4 Å². The van der Waals surface area contributed by atoms with Crippen molar-refractivity contribution in [1.82, 2.24) is 5.32 Å². The smallest absolute Gasteiger partial charge is 0.264 e. The summed E-state index contributed by atoms with van der Waals surface area (Å²) in [5, 5.41) is 3.97. The van der Waals surface area contributed by atoms with Crippen molar-refractivity contribution in [1.29, 1.82) is 0 Å². The van der Waals surface area contributed by atoms with E-state index in [0.717, 1.165) is 27.8 Å². The summed E-state index contributed by atoms with van der Waals surface area (Å²) in [6, 6.07) is 18.2. The highest BCUT2D eigenvalue weighted by atomic mass is 35.5. The number of sulfonamides is 1. The van der Waals surface area contributed by atoms with Gasteiger partial charge >= 0.3 is 0 Å². The van der Waals surface area contributed by atoms with Crippen LogP contribution >= 0.6 is 35.0 Å². The summed E-state index contributed by atoms with van der Waals surface area (Å²) < 4.78 is 38.7. The van der Waals surface area contributed by atoms with Gasteiger partial charge in [-0.15, -0.1) is 0 Å². The lowest BCUT2D eigenvalue weighted by atomic mass is 10.2. The van der Waals surface area contributed by atoms with Gasteiger partial charge in [-0.25, -0.2) is 8.42 Å². The molecule has 0 aliphatic rings. The van der Waals surface area contributed by atoms with Gasteiger partial charge in [-0.05, 0) is 66.3 Å². The van der Waals surface area contributed by atoms with Crippen LogP contribution in [0.2, 0.25) is 10.0 Å². The highest BCUT2D eigenvalue weighted by Gasteiger charge is 2.28. The number of anilines is 1. The lowest BCUT2D eigenvalue weighted by Gasteiger charge is -2.24. The molecule has 0 fully saturated rings. The molecule has 0 atom stereocenters. The van der Waals surface area contributed by atoms with E-state index < -0.39 is 22.5 Å². The predicted molar refractivity (Wildman–Crippen MR) is 151 cm³/mol. The molecule has 11 heteroatoms. The Balaban J connectivity index is 1.65. The van der Waals surface area contributed by atoms with E-state index >= 15 is 0 Å². The molecule has 1 N–H and O–H groups in total. The van der Waals surface area contributed by atoms with Gasteiger partial charge in [0.15, 0.2) is 11.5 Å². The van der Waals surface area contributed by atoms with Crippen LogP contribution in [0.15, 0.2) is 71.6 Å². The Bertz CT molecular complexity index is 1300. The molecule has 0 aliphatic carbocycles. The Morgan fingerprint density at radius 1 is 0.946 bits per heavy atom. The van der Waals surface area contributed by atoms with Crippen LogP contribution in [-0.2, 0) is 20.6 Å². The Morgan fingerprint density at radius 2 is 1.68 bits per heavy atom. The Labute approximate surface area is 232 Å². The molecule has 0 spiro atoms. The molecule has 0 bridgehead atoms. The summed E-state index contributed by atoms with van der Waals surface area (Å²) in [6.07, 6.45) is 0.736. The number of ether oxygens (including phenoxy) is 2. The second-order valence-corrected chi connectivity index (χ2v) is 11.7. The molecule has 3 rings (SSSR count). The lowest BCUT2D eigenvalue weighted by Crippen LogP contribution is -2.41. The molecule has 0 aromatic heterocycles. The molecule has 3 aromatic rings. The Morgan fingerprint density at radius 3 is 2.35 bits per heavy atom. The summed E-state index contributed by atoms with van der Waals surface area (Å²) in [7, 11) is -1.23. The maximum Gasteiger partial charge on any atom is 0.264 e. The Kier molecular flexibility index (Phi) is 10.8. The van der Waals surface area contributed by atoms with Crippen molar-refractivity contribution in [2.75, 3.05) is 37.4 Å². The topological polar surface area (TPSA) is 84.9 Å². The van der Waals surface area contributed by atoms with E-state index in [1.807, 2.05) is 24.3 Å². The van der Waals surface area contributed by atoms with Gasteiger partial charge in [0, 0.05) is 28.4 Å². The number of thioether (sulfide) groups is 1. The van der Waals surface area contributed by atoms with E-state index in [4.69, 9.17) is 32.7 Å². The Hall–Kier alpha value is -2.59. The molecule has 0 radical (unpaired) electrons. The van der Waals surface area contributed by atoms with Crippen molar-refractivity contribution in [2.45, 2.75) is 17.1 Å². The molecule has 0 aliphatic heterocycles. The first-order valence-corrected chi connectivity index (χ1v) is 14.7. The van der Waals surface area contributed by atoms with Crippen LogP contribution in [0.5, 0.6) is 11.5 Å². The molecular formula is C26H28Cl2N2O5S2. The predicted octanol–water partition coefficient (Wildman–Crippen LogP) is 5.65. The highest BCUT2D eigenvalue weighted by Crippen LogP contribution is 2.32. The number of hydrogen-bond acceptors (Lipinski definition) is 6. The SMILES string of the molecule is COc1ccc(S(=O)(=O)N(CC(=O)NCCCSCc2cccc(Cl)c2)c2ccc(Cl)cc2)cc1OC. The van der Waals surface area contributed by atoms with Gasteiger partial charge in [0.1, 0.15) is 6.54 Å². The fourth-order valence-corrected chi connectivity index (χ4v) is 6.12. The largest absolute Gasteiger partial charge is 0.493 e. The highest BCUT2D eigenvalue weighted by molar-refractivity contribution is 7.98. The normalized spacial score (nSPS) is 11.1. The molecule has 0 saturated carbocycles. The van der Waals surface area contributed by atoms with Crippen molar-refractivity contribution >= 4 is 56.6 Å². The fourth-order valence-electron chi connectivity index (χ4n) is 3.43. The second-order valence-electron chi connectivity index (χ2n) is 7.89. The van der Waals surface area contributed by atoms with Crippen LogP contribution < -0.4 is 19.1 Å². The van der Waals surface area contributed by atoms with Gasteiger partial charge in [0.05, 0.1) is 24.8 Å². The first-order valence-electron chi connectivity index (χ1n) is 11.3. The molecular weight excluding hydrogens is 555 g/mol. The third-order valence-corrected chi connectivity index (χ3v) is 8.66. The van der Waals surface area contributed by atoms with Gasteiger partial charge in [0.2, 0.25) is 5.91 Å². The number of amides is 1. The van der Waals surface area contributed by atoms with Crippen molar-refractivity contribution in [3.05, 3.63) is 82.3 Å². The van der Waals surface area contributed by atoms with E-state index in [1.54, 1.807) is 36.0 Å². The third-order valence-electron chi connectivity index (χ3n) is 5.29. The monoisotopic (exact) mass is 582 g/mol. The minimum atomic E-state index is -4.11. The summed E-state index contributed by atoms with van der Waals surface area (Å²) >= 11 is 13.7. The molecule has 1 amide bonds. The number of halogens is 2. The van der Waals surface area contributed by atoms with Gasteiger partial charge in [-0.2, -0.15) is 11.8 Å². The fraction of sp³-hybridized carbons (Fsp3) is 0.269. The zero-order valence-electron chi connectivity index (χ0n) is 20.4. The van der Waals surface area contributed by atoms with E-state index in [2.05, 4.69) is 5.32 Å². The summed E-state index contributed by atoms with van der Waals surface area (Å²) in [6.45, 7) is 0.0280. The standard InChI is InChI=1S/C26H28Cl2N2O5S2/c1-34-24-12-11-23(16-25(24)35-2)37(32,33)30(22-9-7-20(27)8-10-22)17-26(31)29-13-4-14-36-18-19-5-3-6-21(28)15-19/h3,5-12,15-16H,4,13-14,17-18H2,1-2H3,(H,29,31). The van der Waals surface area contributed by atoms with Crippen LogP contribution in [-0.4, -0.2) is 47.4 Å². The first-order chi connectivity index (χ1) is 17.7. The van der Waals surface area contributed by atoms with Crippen LogP contribution in [0, 0.1) is 0 Å². The zero-order chi connectivity index (χ0) is 26.8. The first kappa shape index (κ1) is 29.0.